The lowest BCUT2D eigenvalue weighted by Gasteiger charge is -2.17. The number of fused-ring (bicyclic) bond motifs is 1. The second kappa shape index (κ2) is 5.25. The first kappa shape index (κ1) is 13.1. The largest absolute Gasteiger partial charge is 0.497 e. The third kappa shape index (κ3) is 2.08. The number of hydrogen-bond acceptors (Lipinski definition) is 3. The molecule has 1 N–H and O–H groups in total. The van der Waals surface area contributed by atoms with Crippen LogP contribution in [0.2, 0.25) is 0 Å². The zero-order valence-corrected chi connectivity index (χ0v) is 11.7. The van der Waals surface area contributed by atoms with Gasteiger partial charge >= 0.3 is 0 Å². The molecule has 0 fully saturated rings. The van der Waals surface area contributed by atoms with Gasteiger partial charge in [-0.1, -0.05) is 6.92 Å². The highest BCUT2D eigenvalue weighted by Gasteiger charge is 2.21. The van der Waals surface area contributed by atoms with Crippen molar-refractivity contribution < 1.29 is 9.13 Å². The van der Waals surface area contributed by atoms with Crippen molar-refractivity contribution in [2.45, 2.75) is 26.3 Å². The Hall–Kier alpha value is -1.88. The maximum Gasteiger partial charge on any atom is 0.147 e. The maximum absolute atomic E-state index is 14.2. The van der Waals surface area contributed by atoms with Gasteiger partial charge < -0.3 is 10.1 Å². The summed E-state index contributed by atoms with van der Waals surface area (Å²) in [5, 5.41) is 3.30. The van der Waals surface area contributed by atoms with E-state index in [1.807, 2.05) is 11.5 Å². The summed E-state index contributed by atoms with van der Waals surface area (Å²) in [6, 6.07) is 4.81. The Morgan fingerprint density at radius 2 is 2.30 bits per heavy atom. The van der Waals surface area contributed by atoms with Crippen LogP contribution in [0.1, 0.15) is 24.1 Å². The van der Waals surface area contributed by atoms with E-state index in [1.54, 1.807) is 19.2 Å². The summed E-state index contributed by atoms with van der Waals surface area (Å²) >= 11 is 0. The first-order valence-electron chi connectivity index (χ1n) is 6.88. The number of benzene rings is 1. The Morgan fingerprint density at radius 3 is 3.05 bits per heavy atom. The number of ether oxygens (including phenoxy) is 1. The predicted molar refractivity (Wildman–Crippen MR) is 74.9 cm³/mol. The number of aryl methyl sites for hydroxylation is 1. The summed E-state index contributed by atoms with van der Waals surface area (Å²) in [5.74, 6) is 1.30. The van der Waals surface area contributed by atoms with E-state index in [4.69, 9.17) is 4.74 Å². The lowest BCUT2D eigenvalue weighted by atomic mass is 10.1. The highest BCUT2D eigenvalue weighted by atomic mass is 19.1. The zero-order valence-electron chi connectivity index (χ0n) is 11.7. The summed E-state index contributed by atoms with van der Waals surface area (Å²) in [6.45, 7) is 3.68. The monoisotopic (exact) mass is 275 g/mol. The third-order valence-corrected chi connectivity index (χ3v) is 3.67. The van der Waals surface area contributed by atoms with Gasteiger partial charge in [0.15, 0.2) is 0 Å². The molecule has 0 saturated heterocycles. The number of hydrogen-bond donors (Lipinski definition) is 1. The second-order valence-corrected chi connectivity index (χ2v) is 4.85. The van der Waals surface area contributed by atoms with Crippen molar-refractivity contribution in [3.8, 4) is 11.4 Å². The van der Waals surface area contributed by atoms with Crippen LogP contribution in [0.5, 0.6) is 5.75 Å². The number of methoxy groups -OCH3 is 1. The van der Waals surface area contributed by atoms with Crippen LogP contribution in [0, 0.1) is 5.82 Å². The second-order valence-electron chi connectivity index (χ2n) is 4.85. The molecular formula is C15H18FN3O. The SMILES string of the molecule is CCc1nc2c(n1-c1cc(OC)ccc1F)CCNC2. The molecule has 20 heavy (non-hydrogen) atoms. The Balaban J connectivity index is 2.20. The van der Waals surface area contributed by atoms with E-state index in [2.05, 4.69) is 10.3 Å². The lowest BCUT2D eigenvalue weighted by Crippen LogP contribution is -2.25. The van der Waals surface area contributed by atoms with Crippen LogP contribution < -0.4 is 10.1 Å². The molecule has 0 aliphatic carbocycles. The van der Waals surface area contributed by atoms with Gasteiger partial charge in [0.05, 0.1) is 18.5 Å². The van der Waals surface area contributed by atoms with Crippen molar-refractivity contribution >= 4 is 0 Å². The fraction of sp³-hybridized carbons (Fsp3) is 0.400. The molecule has 106 valence electrons. The first-order chi connectivity index (χ1) is 9.74. The van der Waals surface area contributed by atoms with Gasteiger partial charge in [-0.2, -0.15) is 0 Å². The minimum absolute atomic E-state index is 0.251. The Bertz CT molecular complexity index is 636. The number of aromatic nitrogens is 2. The molecular weight excluding hydrogens is 257 g/mol. The van der Waals surface area contributed by atoms with Gasteiger partial charge in [-0.15, -0.1) is 0 Å². The van der Waals surface area contributed by atoms with Crippen molar-refractivity contribution in [2.75, 3.05) is 13.7 Å². The smallest absolute Gasteiger partial charge is 0.147 e. The van der Waals surface area contributed by atoms with E-state index in [9.17, 15) is 4.39 Å². The van der Waals surface area contributed by atoms with E-state index in [1.165, 1.54) is 6.07 Å². The lowest BCUT2D eigenvalue weighted by molar-refractivity contribution is 0.413. The molecule has 0 atom stereocenters. The van der Waals surface area contributed by atoms with E-state index in [0.29, 0.717) is 11.4 Å². The highest BCUT2D eigenvalue weighted by Crippen LogP contribution is 2.26. The van der Waals surface area contributed by atoms with Gasteiger partial charge in [0.2, 0.25) is 0 Å². The fourth-order valence-electron chi connectivity index (χ4n) is 2.68. The summed E-state index contributed by atoms with van der Waals surface area (Å²) < 4.78 is 21.4. The van der Waals surface area contributed by atoms with E-state index >= 15 is 0 Å². The Kier molecular flexibility index (Phi) is 3.44. The number of nitrogens with one attached hydrogen (secondary N) is 1. The van der Waals surface area contributed by atoms with Gasteiger partial charge in [0.1, 0.15) is 17.4 Å². The minimum Gasteiger partial charge on any atom is -0.497 e. The quantitative estimate of drug-likeness (QED) is 0.933. The van der Waals surface area contributed by atoms with Crippen LogP contribution in [0.15, 0.2) is 18.2 Å². The van der Waals surface area contributed by atoms with E-state index in [0.717, 1.165) is 43.1 Å². The molecule has 1 aliphatic rings. The van der Waals surface area contributed by atoms with Crippen molar-refractivity contribution in [1.82, 2.24) is 14.9 Å². The van der Waals surface area contributed by atoms with Gasteiger partial charge in [-0.05, 0) is 12.1 Å². The molecule has 0 spiro atoms. The van der Waals surface area contributed by atoms with Crippen LogP contribution >= 0.6 is 0 Å². The van der Waals surface area contributed by atoms with Crippen molar-refractivity contribution in [1.29, 1.82) is 0 Å². The third-order valence-electron chi connectivity index (χ3n) is 3.67. The molecule has 2 aromatic rings. The molecule has 4 nitrogen and oxygen atoms in total. The molecule has 0 bridgehead atoms. The molecule has 5 heteroatoms. The molecule has 2 heterocycles. The van der Waals surface area contributed by atoms with Gasteiger partial charge in [-0.25, -0.2) is 9.37 Å². The molecule has 3 rings (SSSR count). The summed E-state index contributed by atoms with van der Waals surface area (Å²) in [5.41, 5.74) is 2.65. The van der Waals surface area contributed by atoms with Crippen molar-refractivity contribution in [3.05, 3.63) is 41.2 Å². The zero-order chi connectivity index (χ0) is 14.1. The van der Waals surface area contributed by atoms with Crippen LogP contribution in [0.25, 0.3) is 5.69 Å². The highest BCUT2D eigenvalue weighted by molar-refractivity contribution is 5.44. The van der Waals surface area contributed by atoms with Crippen LogP contribution in [-0.2, 0) is 19.4 Å². The molecule has 0 radical (unpaired) electrons. The average Bonchev–Trinajstić information content (AvgIpc) is 2.86. The number of rotatable bonds is 3. The molecule has 0 saturated carbocycles. The first-order valence-corrected chi connectivity index (χ1v) is 6.88. The van der Waals surface area contributed by atoms with E-state index in [-0.39, 0.29) is 5.82 Å². The van der Waals surface area contributed by atoms with Crippen LogP contribution in [0.3, 0.4) is 0 Å². The van der Waals surface area contributed by atoms with Crippen LogP contribution in [-0.4, -0.2) is 23.2 Å². The standard InChI is InChI=1S/C15H18FN3O/c1-3-15-18-12-9-17-7-6-13(12)19(15)14-8-10(20-2)4-5-11(14)16/h4-5,8,17H,3,6-7,9H2,1-2H3. The molecule has 1 aromatic heterocycles. The topological polar surface area (TPSA) is 39.1 Å². The molecule has 0 amide bonds. The normalized spacial score (nSPS) is 14.2. The van der Waals surface area contributed by atoms with Gasteiger partial charge in [0, 0.05) is 37.7 Å². The number of imidazole rings is 1. The average molecular weight is 275 g/mol. The van der Waals surface area contributed by atoms with Crippen molar-refractivity contribution in [3.63, 3.8) is 0 Å². The number of halogens is 1. The number of nitrogens with zero attached hydrogens (tertiary/aromatic N) is 2. The summed E-state index contributed by atoms with van der Waals surface area (Å²) in [7, 11) is 1.59. The van der Waals surface area contributed by atoms with E-state index < -0.39 is 0 Å². The van der Waals surface area contributed by atoms with Gasteiger partial charge in [0.25, 0.3) is 0 Å². The molecule has 1 aromatic carbocycles. The van der Waals surface area contributed by atoms with Crippen molar-refractivity contribution in [2.24, 2.45) is 0 Å². The molecule has 0 unspecified atom stereocenters. The minimum atomic E-state index is -0.251. The Labute approximate surface area is 117 Å². The van der Waals surface area contributed by atoms with Crippen LogP contribution in [0.4, 0.5) is 4.39 Å². The van der Waals surface area contributed by atoms with Gasteiger partial charge in [-0.3, -0.25) is 4.57 Å². The molecule has 1 aliphatic heterocycles. The fourth-order valence-corrected chi connectivity index (χ4v) is 2.68. The maximum atomic E-state index is 14.2. The summed E-state index contributed by atoms with van der Waals surface area (Å²) in [4.78, 5) is 4.64. The Morgan fingerprint density at radius 1 is 1.45 bits per heavy atom. The summed E-state index contributed by atoms with van der Waals surface area (Å²) in [6.07, 6.45) is 1.63. The predicted octanol–water partition coefficient (Wildman–Crippen LogP) is 2.23.